The topological polar surface area (TPSA) is 474 Å². The van der Waals surface area contributed by atoms with E-state index in [1.54, 1.807) is 0 Å². The number of nitro groups is 4. The Bertz CT molecular complexity index is 1230. The largest absolute Gasteiger partial charge is 0.464 e. The molecule has 0 bridgehead atoms. The van der Waals surface area contributed by atoms with E-state index >= 15 is 0 Å². The van der Waals surface area contributed by atoms with Crippen molar-refractivity contribution in [1.82, 2.24) is 0 Å². The first-order valence-electron chi connectivity index (χ1n) is 10.7. The van der Waals surface area contributed by atoms with Gasteiger partial charge in [0.1, 0.15) is 0 Å². The molecule has 228 valence electrons. The van der Waals surface area contributed by atoms with Gasteiger partial charge in [0, 0.05) is 29.5 Å². The van der Waals surface area contributed by atoms with Crippen molar-refractivity contribution >= 4 is 0 Å². The van der Waals surface area contributed by atoms with Crippen LogP contribution in [0.5, 0.6) is 0 Å². The molecule has 31 nitrogen and oxygen atoms in total. The molecule has 0 rings (SSSR count). The van der Waals surface area contributed by atoms with Gasteiger partial charge in [0.25, 0.3) is 0 Å². The molecule has 0 spiro atoms. The molecule has 0 fully saturated rings. The second-order valence-corrected chi connectivity index (χ2v) is 7.81. The van der Waals surface area contributed by atoms with Crippen LogP contribution in [0.1, 0.15) is 12.8 Å². The number of azide groups is 6. The van der Waals surface area contributed by atoms with Crippen LogP contribution in [0.15, 0.2) is 30.7 Å². The second-order valence-electron chi connectivity index (χ2n) is 7.81. The second kappa shape index (κ2) is 17.9. The van der Waals surface area contributed by atoms with E-state index in [0.717, 1.165) is 0 Å². The Morgan fingerprint density at radius 2 is 0.814 bits per heavy atom. The third kappa shape index (κ3) is 9.84. The maximum atomic E-state index is 11.6. The Hall–Kier alpha value is -6.58. The molecule has 0 aromatic rings. The zero-order chi connectivity index (χ0) is 33.1. The van der Waals surface area contributed by atoms with E-state index < -0.39 is 94.3 Å². The molecule has 0 aromatic carbocycles. The normalized spacial score (nSPS) is 13.2. The lowest BCUT2D eigenvalue weighted by Gasteiger charge is -2.25. The van der Waals surface area contributed by atoms with Gasteiger partial charge in [-0.15, -0.1) is 0 Å². The van der Waals surface area contributed by atoms with E-state index in [9.17, 15) is 40.5 Å². The van der Waals surface area contributed by atoms with Crippen molar-refractivity contribution in [2.45, 2.75) is 48.3 Å². The van der Waals surface area contributed by atoms with Gasteiger partial charge in [-0.2, -0.15) is 0 Å². The minimum absolute atomic E-state index is 0.907. The minimum atomic E-state index is -3.26. The highest BCUT2D eigenvalue weighted by Gasteiger charge is 2.58. The number of hydrogen-bond acceptors (Lipinski definition) is 15. The zero-order valence-electron chi connectivity index (χ0n) is 21.1. The molecule has 43 heavy (non-hydrogen) atoms. The summed E-state index contributed by atoms with van der Waals surface area (Å²) in [6.45, 7) is -4.53. The van der Waals surface area contributed by atoms with Gasteiger partial charge in [0.2, 0.25) is 0 Å². The lowest BCUT2D eigenvalue weighted by atomic mass is 9.96. The van der Waals surface area contributed by atoms with Crippen molar-refractivity contribution in [3.63, 3.8) is 0 Å². The van der Waals surface area contributed by atoms with E-state index in [1.807, 2.05) is 0 Å². The van der Waals surface area contributed by atoms with Gasteiger partial charge in [-0.25, -0.2) is 0 Å². The van der Waals surface area contributed by atoms with E-state index in [2.05, 4.69) is 60.2 Å². The van der Waals surface area contributed by atoms with Gasteiger partial charge in [-0.1, -0.05) is 30.7 Å². The fraction of sp³-hybridized carbons (Fsp3) is 1.00. The first kappa shape index (κ1) is 36.4. The summed E-state index contributed by atoms with van der Waals surface area (Å²) in [7, 11) is 0. The molecule has 0 saturated heterocycles. The minimum Gasteiger partial charge on any atom is -0.381 e. The van der Waals surface area contributed by atoms with Crippen molar-refractivity contribution < 1.29 is 24.4 Å². The number of ether oxygens (including phenoxy) is 1. The molecule has 0 aromatic heterocycles. The van der Waals surface area contributed by atoms with Crippen LogP contribution in [0.25, 0.3) is 62.7 Å². The van der Waals surface area contributed by atoms with Crippen LogP contribution in [0.3, 0.4) is 0 Å². The fourth-order valence-electron chi connectivity index (χ4n) is 3.28. The van der Waals surface area contributed by atoms with Gasteiger partial charge >= 0.3 is 11.3 Å². The maximum Gasteiger partial charge on any atom is 0.464 e. The van der Waals surface area contributed by atoms with Gasteiger partial charge in [-0.05, 0) is 33.2 Å². The Morgan fingerprint density at radius 3 is 1.05 bits per heavy atom. The number of hydrogen-bond donors (Lipinski definition) is 0. The van der Waals surface area contributed by atoms with Crippen LogP contribution in [0.2, 0.25) is 0 Å². The maximum absolute atomic E-state index is 11.6. The van der Waals surface area contributed by atoms with E-state index in [-0.39, 0.29) is 0 Å². The lowest BCUT2D eigenvalue weighted by Crippen LogP contribution is -2.53. The van der Waals surface area contributed by atoms with Gasteiger partial charge < -0.3 is 4.74 Å². The summed E-state index contributed by atoms with van der Waals surface area (Å²) < 4.78 is 5.21. The Morgan fingerprint density at radius 1 is 0.535 bits per heavy atom. The molecule has 4 atom stereocenters. The molecular weight excluding hydrogens is 596 g/mol. The van der Waals surface area contributed by atoms with Gasteiger partial charge in [-0.3, -0.25) is 40.5 Å². The summed E-state index contributed by atoms with van der Waals surface area (Å²) in [5.74, 6) is 0. The standard InChI is InChI=1S/C12H16N22O9/c13-25-19-5-11(31(35)36,32(37)38)1-7(21-27-15)9(23-29-17)3-43-4-10(24-30-18)8(22-28-16)2-12(33(39)40,34(41)42)6-20-26-14/h7-10H,1-6H2. The van der Waals surface area contributed by atoms with Crippen LogP contribution < -0.4 is 0 Å². The van der Waals surface area contributed by atoms with E-state index in [1.165, 1.54) is 0 Å². The summed E-state index contributed by atoms with van der Waals surface area (Å²) in [6, 6.07) is -7.34. The average molecular weight is 612 g/mol. The summed E-state index contributed by atoms with van der Waals surface area (Å²) in [5, 5.41) is 64.8. The highest BCUT2D eigenvalue weighted by molar-refractivity contribution is 4.91. The third-order valence-electron chi connectivity index (χ3n) is 5.47. The predicted molar refractivity (Wildman–Crippen MR) is 133 cm³/mol. The van der Waals surface area contributed by atoms with Crippen molar-refractivity contribution in [2.24, 2.45) is 30.7 Å². The molecule has 0 aliphatic carbocycles. The van der Waals surface area contributed by atoms with Crippen LogP contribution in [0.4, 0.5) is 0 Å². The van der Waals surface area contributed by atoms with Gasteiger partial charge in [0.15, 0.2) is 13.1 Å². The van der Waals surface area contributed by atoms with Crippen molar-refractivity contribution in [3.05, 3.63) is 103 Å². The molecule has 0 amide bonds. The summed E-state index contributed by atoms with van der Waals surface area (Å²) >= 11 is 0. The zero-order valence-corrected chi connectivity index (χ0v) is 21.1. The Labute approximate surface area is 233 Å². The molecule has 0 aliphatic rings. The highest BCUT2D eigenvalue weighted by Crippen LogP contribution is 2.27. The predicted octanol–water partition coefficient (Wildman–Crippen LogP) is 3.62. The molecule has 31 heteroatoms. The fourth-order valence-corrected chi connectivity index (χ4v) is 3.28. The highest BCUT2D eigenvalue weighted by atomic mass is 16.7. The van der Waals surface area contributed by atoms with Crippen LogP contribution >= 0.6 is 0 Å². The van der Waals surface area contributed by atoms with Gasteiger partial charge in [0.05, 0.1) is 69.9 Å². The number of rotatable bonds is 22. The van der Waals surface area contributed by atoms with Crippen LogP contribution in [-0.4, -0.2) is 81.5 Å². The summed E-state index contributed by atoms with van der Waals surface area (Å²) in [4.78, 5) is 54.7. The SMILES string of the molecule is [N-]=[N+]=NCC(CC(N=[N+]=[N-])C(COCC(N=[N+]=[N-])C(CC(CN=[N+]=[N-])([N+](=O)[O-])[N+](=O)[O-])N=[N+]=[N-])N=[N+]=[N-])([N+](=O)[O-])[N+](=O)[O-]. The molecule has 0 saturated carbocycles. The van der Waals surface area contributed by atoms with E-state index in [4.69, 9.17) is 37.9 Å². The monoisotopic (exact) mass is 612 g/mol. The Balaban J connectivity index is 6.41. The average Bonchev–Trinajstić information content (AvgIpc) is 2.94. The third-order valence-corrected chi connectivity index (χ3v) is 5.47. The van der Waals surface area contributed by atoms with Crippen molar-refractivity contribution in [3.8, 4) is 0 Å². The molecule has 0 N–H and O–H groups in total. The lowest BCUT2D eigenvalue weighted by molar-refractivity contribution is -0.794. The van der Waals surface area contributed by atoms with Crippen molar-refractivity contribution in [1.29, 1.82) is 0 Å². The molecule has 4 unspecified atom stereocenters. The molecule has 0 aliphatic heterocycles. The first-order chi connectivity index (χ1) is 20.4. The van der Waals surface area contributed by atoms with Crippen LogP contribution in [-0.2, 0) is 4.74 Å². The van der Waals surface area contributed by atoms with Crippen molar-refractivity contribution in [2.75, 3.05) is 26.3 Å². The molecule has 0 radical (unpaired) electrons. The van der Waals surface area contributed by atoms with E-state index in [0.29, 0.717) is 0 Å². The quantitative estimate of drug-likeness (QED) is 0.0429. The Kier molecular flexibility index (Phi) is 15.2. The number of nitrogens with zero attached hydrogens (tertiary/aromatic N) is 22. The first-order valence-corrected chi connectivity index (χ1v) is 10.7. The summed E-state index contributed by atoms with van der Waals surface area (Å²) in [6.07, 6.45) is -2.59. The van der Waals surface area contributed by atoms with Crippen LogP contribution in [0, 0.1) is 40.5 Å². The summed E-state index contributed by atoms with van der Waals surface area (Å²) in [5.41, 5.74) is 46.1. The molecule has 0 heterocycles. The molecular formula is C12H16N22O9. The smallest absolute Gasteiger partial charge is 0.381 e.